The van der Waals surface area contributed by atoms with Crippen LogP contribution in [0.4, 0.5) is 0 Å². The fraction of sp³-hybridized carbons (Fsp3) is 0.591. The SMILES string of the molecule is CCCC(=O)NC[C@H]1[C@H]2C[C@H](CN(Cc3c(C)noc3C)C2)c2cccc(=O)n21. The first-order valence-electron chi connectivity index (χ1n) is 10.6. The van der Waals surface area contributed by atoms with Crippen molar-refractivity contribution >= 4 is 5.91 Å². The van der Waals surface area contributed by atoms with Gasteiger partial charge in [0.25, 0.3) is 5.56 Å². The van der Waals surface area contributed by atoms with Gasteiger partial charge >= 0.3 is 0 Å². The van der Waals surface area contributed by atoms with Crippen molar-refractivity contribution in [1.82, 2.24) is 19.9 Å². The Morgan fingerprint density at radius 2 is 2.14 bits per heavy atom. The summed E-state index contributed by atoms with van der Waals surface area (Å²) in [6, 6.07) is 5.55. The molecule has 4 heterocycles. The molecule has 1 N–H and O–H groups in total. The number of nitrogens with zero attached hydrogens (tertiary/aromatic N) is 3. The first-order chi connectivity index (χ1) is 14.0. The minimum atomic E-state index is -0.0109. The van der Waals surface area contributed by atoms with E-state index in [1.807, 2.05) is 31.4 Å². The number of piperidine rings is 1. The van der Waals surface area contributed by atoms with E-state index in [2.05, 4.69) is 21.4 Å². The summed E-state index contributed by atoms with van der Waals surface area (Å²) in [7, 11) is 0. The molecule has 2 aliphatic rings. The van der Waals surface area contributed by atoms with Gasteiger partial charge in [-0.1, -0.05) is 18.1 Å². The van der Waals surface area contributed by atoms with Crippen LogP contribution in [0.3, 0.4) is 0 Å². The van der Waals surface area contributed by atoms with E-state index in [9.17, 15) is 9.59 Å². The van der Waals surface area contributed by atoms with Gasteiger partial charge in [0.1, 0.15) is 5.76 Å². The number of carbonyl (C=O) groups excluding carboxylic acids is 1. The lowest BCUT2D eigenvalue weighted by Gasteiger charge is -2.47. The summed E-state index contributed by atoms with van der Waals surface area (Å²) < 4.78 is 7.28. The lowest BCUT2D eigenvalue weighted by molar-refractivity contribution is -0.121. The molecule has 0 aliphatic carbocycles. The molecule has 156 valence electrons. The number of pyridine rings is 1. The number of likely N-dealkylation sites (tertiary alicyclic amines) is 1. The molecule has 0 aromatic carbocycles. The molecule has 2 aliphatic heterocycles. The van der Waals surface area contributed by atoms with Crippen molar-refractivity contribution in [2.24, 2.45) is 5.92 Å². The van der Waals surface area contributed by atoms with E-state index in [4.69, 9.17) is 4.52 Å². The molecule has 7 nitrogen and oxygen atoms in total. The number of fused-ring (bicyclic) bond motifs is 4. The fourth-order valence-corrected chi connectivity index (χ4v) is 5.01. The van der Waals surface area contributed by atoms with Crippen molar-refractivity contribution in [3.8, 4) is 0 Å². The molecule has 4 rings (SSSR count). The zero-order chi connectivity index (χ0) is 20.5. The van der Waals surface area contributed by atoms with Crippen LogP contribution in [0.15, 0.2) is 27.5 Å². The maximum absolute atomic E-state index is 12.7. The number of nitrogens with one attached hydrogen (secondary N) is 1. The average Bonchev–Trinajstić information content (AvgIpc) is 3.00. The Balaban J connectivity index is 1.60. The van der Waals surface area contributed by atoms with Crippen LogP contribution < -0.4 is 10.9 Å². The molecule has 1 fully saturated rings. The number of aryl methyl sites for hydroxylation is 2. The third-order valence-corrected chi connectivity index (χ3v) is 6.42. The Labute approximate surface area is 171 Å². The van der Waals surface area contributed by atoms with Crippen LogP contribution >= 0.6 is 0 Å². The molecule has 29 heavy (non-hydrogen) atoms. The van der Waals surface area contributed by atoms with Crippen LogP contribution in [0, 0.1) is 19.8 Å². The van der Waals surface area contributed by atoms with Gasteiger partial charge in [-0.25, -0.2) is 0 Å². The summed E-state index contributed by atoms with van der Waals surface area (Å²) in [6.45, 7) is 9.07. The molecule has 3 atom stereocenters. The molecule has 1 amide bonds. The van der Waals surface area contributed by atoms with Gasteiger partial charge in [-0.3, -0.25) is 14.5 Å². The first kappa shape index (κ1) is 19.9. The largest absolute Gasteiger partial charge is 0.361 e. The van der Waals surface area contributed by atoms with Crippen molar-refractivity contribution in [1.29, 1.82) is 0 Å². The van der Waals surface area contributed by atoms with Gasteiger partial charge in [-0.15, -0.1) is 0 Å². The number of hydrogen-bond acceptors (Lipinski definition) is 5. The number of amides is 1. The maximum atomic E-state index is 12.7. The summed E-state index contributed by atoms with van der Waals surface area (Å²) in [5, 5.41) is 7.15. The van der Waals surface area contributed by atoms with E-state index in [1.54, 1.807) is 6.07 Å². The zero-order valence-corrected chi connectivity index (χ0v) is 17.5. The highest BCUT2D eigenvalue weighted by atomic mass is 16.5. The van der Waals surface area contributed by atoms with E-state index < -0.39 is 0 Å². The minimum Gasteiger partial charge on any atom is -0.361 e. The monoisotopic (exact) mass is 398 g/mol. The van der Waals surface area contributed by atoms with Crippen LogP contribution in [0.1, 0.15) is 60.9 Å². The third-order valence-electron chi connectivity index (χ3n) is 6.42. The molecular formula is C22H30N4O3. The molecule has 0 saturated carbocycles. The Bertz CT molecular complexity index is 928. The third kappa shape index (κ3) is 3.88. The van der Waals surface area contributed by atoms with Crippen molar-refractivity contribution in [3.05, 3.63) is 51.3 Å². The Kier molecular flexibility index (Phi) is 5.58. The zero-order valence-electron chi connectivity index (χ0n) is 17.5. The minimum absolute atomic E-state index is 0.0109. The first-order valence-corrected chi connectivity index (χ1v) is 10.6. The normalized spacial score (nSPS) is 23.6. The molecular weight excluding hydrogens is 368 g/mol. The van der Waals surface area contributed by atoms with Gasteiger partial charge in [0.15, 0.2) is 0 Å². The molecule has 0 radical (unpaired) electrons. The highest BCUT2D eigenvalue weighted by Gasteiger charge is 2.40. The van der Waals surface area contributed by atoms with E-state index in [1.165, 1.54) is 0 Å². The molecule has 2 aromatic heterocycles. The average molecular weight is 399 g/mol. The molecule has 7 heteroatoms. The highest BCUT2D eigenvalue weighted by molar-refractivity contribution is 5.75. The quantitative estimate of drug-likeness (QED) is 0.809. The van der Waals surface area contributed by atoms with E-state index in [0.717, 1.165) is 55.2 Å². The van der Waals surface area contributed by atoms with Crippen molar-refractivity contribution in [2.45, 2.75) is 58.5 Å². The summed E-state index contributed by atoms with van der Waals surface area (Å²) in [6.07, 6.45) is 2.40. The number of hydrogen-bond donors (Lipinski definition) is 1. The maximum Gasteiger partial charge on any atom is 0.251 e. The van der Waals surface area contributed by atoms with E-state index in [-0.39, 0.29) is 17.5 Å². The van der Waals surface area contributed by atoms with Gasteiger partial charge in [-0.2, -0.15) is 0 Å². The van der Waals surface area contributed by atoms with Crippen LogP contribution in [0.5, 0.6) is 0 Å². The van der Waals surface area contributed by atoms with Gasteiger partial charge in [-0.05, 0) is 38.7 Å². The second kappa shape index (κ2) is 8.14. The van der Waals surface area contributed by atoms with Crippen LogP contribution in [0.2, 0.25) is 0 Å². The smallest absolute Gasteiger partial charge is 0.251 e. The highest BCUT2D eigenvalue weighted by Crippen LogP contribution is 2.41. The lowest BCUT2D eigenvalue weighted by Crippen LogP contribution is -2.51. The van der Waals surface area contributed by atoms with Crippen LogP contribution in [-0.4, -0.2) is 40.2 Å². The lowest BCUT2D eigenvalue weighted by atomic mass is 9.78. The van der Waals surface area contributed by atoms with Crippen molar-refractivity contribution in [3.63, 3.8) is 0 Å². The van der Waals surface area contributed by atoms with Crippen LogP contribution in [-0.2, 0) is 11.3 Å². The number of rotatable bonds is 6. The molecule has 0 unspecified atom stereocenters. The molecule has 2 aromatic rings. The summed E-state index contributed by atoms with van der Waals surface area (Å²) in [5.74, 6) is 1.58. The predicted octanol–water partition coefficient (Wildman–Crippen LogP) is 2.53. The Hall–Kier alpha value is -2.41. The topological polar surface area (TPSA) is 80.4 Å². The predicted molar refractivity (Wildman–Crippen MR) is 110 cm³/mol. The van der Waals surface area contributed by atoms with Crippen molar-refractivity contribution < 1.29 is 9.32 Å². The van der Waals surface area contributed by atoms with Crippen molar-refractivity contribution in [2.75, 3.05) is 19.6 Å². The summed E-state index contributed by atoms with van der Waals surface area (Å²) in [5.41, 5.74) is 3.22. The van der Waals surface area contributed by atoms with E-state index >= 15 is 0 Å². The Morgan fingerprint density at radius 1 is 1.31 bits per heavy atom. The molecule has 2 bridgehead atoms. The second-order valence-corrected chi connectivity index (χ2v) is 8.47. The van der Waals surface area contributed by atoms with Gasteiger partial charge < -0.3 is 14.4 Å². The van der Waals surface area contributed by atoms with Gasteiger partial charge in [0.05, 0.1) is 11.7 Å². The second-order valence-electron chi connectivity index (χ2n) is 8.47. The molecule has 1 saturated heterocycles. The number of carbonyl (C=O) groups is 1. The van der Waals surface area contributed by atoms with Gasteiger partial charge in [0, 0.05) is 55.8 Å². The number of aromatic nitrogens is 2. The standard InChI is InChI=1S/C22H30N4O3/c1-4-6-21(27)23-10-20-17-9-16(19-7-5-8-22(28)26(19)20)11-25(12-17)13-18-14(2)24-29-15(18)3/h5,7-8,16-17,20H,4,6,9-13H2,1-3H3,(H,23,27)/t16-,17+,20+/m1/s1. The van der Waals surface area contributed by atoms with Crippen LogP contribution in [0.25, 0.3) is 0 Å². The Morgan fingerprint density at radius 3 is 2.86 bits per heavy atom. The summed E-state index contributed by atoms with van der Waals surface area (Å²) in [4.78, 5) is 27.3. The molecule has 0 spiro atoms. The van der Waals surface area contributed by atoms with E-state index in [0.29, 0.717) is 24.8 Å². The van der Waals surface area contributed by atoms with Gasteiger partial charge in [0.2, 0.25) is 5.91 Å². The summed E-state index contributed by atoms with van der Waals surface area (Å²) >= 11 is 0. The fourth-order valence-electron chi connectivity index (χ4n) is 5.01.